The van der Waals surface area contributed by atoms with E-state index >= 15 is 0 Å². The molecule has 0 unspecified atom stereocenters. The first-order valence-corrected chi connectivity index (χ1v) is 6.39. The first-order chi connectivity index (χ1) is 8.06. The van der Waals surface area contributed by atoms with Gasteiger partial charge in [0.25, 0.3) is 0 Å². The van der Waals surface area contributed by atoms with Gasteiger partial charge in [0.05, 0.1) is 0 Å². The Morgan fingerprint density at radius 1 is 1.41 bits per heavy atom. The zero-order chi connectivity index (χ0) is 12.4. The fourth-order valence-corrected chi connectivity index (χ4v) is 2.21. The lowest BCUT2D eigenvalue weighted by atomic mass is 10.2. The molecule has 0 saturated carbocycles. The molecule has 0 radical (unpaired) electrons. The molecule has 1 amide bonds. The van der Waals surface area contributed by atoms with Gasteiger partial charge >= 0.3 is 0 Å². The number of fused-ring (bicyclic) bond motifs is 1. The highest BCUT2D eigenvalue weighted by atomic mass is 79.9. The minimum Gasteiger partial charge on any atom is -0.352 e. The monoisotopic (exact) mass is 294 g/mol. The van der Waals surface area contributed by atoms with E-state index in [4.69, 9.17) is 0 Å². The molecule has 1 heterocycles. The number of hydrogen-bond acceptors (Lipinski definition) is 1. The summed E-state index contributed by atoms with van der Waals surface area (Å²) in [4.78, 5) is 11.7. The van der Waals surface area contributed by atoms with Crippen molar-refractivity contribution in [1.82, 2.24) is 9.88 Å². The van der Waals surface area contributed by atoms with Crippen molar-refractivity contribution in [2.24, 2.45) is 0 Å². The van der Waals surface area contributed by atoms with Gasteiger partial charge in [0.1, 0.15) is 6.54 Å². The van der Waals surface area contributed by atoms with Gasteiger partial charge < -0.3 is 9.88 Å². The van der Waals surface area contributed by atoms with Crippen LogP contribution in [0, 0.1) is 0 Å². The van der Waals surface area contributed by atoms with Gasteiger partial charge in [-0.15, -0.1) is 0 Å². The van der Waals surface area contributed by atoms with Crippen LogP contribution in [-0.2, 0) is 11.3 Å². The molecule has 17 heavy (non-hydrogen) atoms. The maximum atomic E-state index is 11.7. The minimum absolute atomic E-state index is 0.0421. The third kappa shape index (κ3) is 2.88. The third-order valence-electron chi connectivity index (χ3n) is 2.50. The van der Waals surface area contributed by atoms with Gasteiger partial charge in [-0.25, -0.2) is 0 Å². The number of hydrogen-bond donors (Lipinski definition) is 1. The molecule has 1 aromatic carbocycles. The molecule has 2 rings (SSSR count). The quantitative estimate of drug-likeness (QED) is 0.928. The van der Waals surface area contributed by atoms with E-state index in [1.165, 1.54) is 0 Å². The fourth-order valence-electron chi connectivity index (χ4n) is 1.83. The van der Waals surface area contributed by atoms with E-state index in [0.717, 1.165) is 15.4 Å². The van der Waals surface area contributed by atoms with E-state index < -0.39 is 0 Å². The van der Waals surface area contributed by atoms with Crippen molar-refractivity contribution >= 4 is 32.7 Å². The van der Waals surface area contributed by atoms with Gasteiger partial charge in [-0.2, -0.15) is 0 Å². The molecule has 0 bridgehead atoms. The van der Waals surface area contributed by atoms with Gasteiger partial charge in [-0.3, -0.25) is 4.79 Å². The van der Waals surface area contributed by atoms with Crippen LogP contribution in [0.25, 0.3) is 10.9 Å². The topological polar surface area (TPSA) is 34.0 Å². The minimum atomic E-state index is 0.0421. The maximum Gasteiger partial charge on any atom is 0.240 e. The van der Waals surface area contributed by atoms with Crippen molar-refractivity contribution in [3.8, 4) is 0 Å². The molecule has 0 atom stereocenters. The SMILES string of the molecule is CC(C)NC(=O)Cn1ccc2cc(Br)ccc21. The van der Waals surface area contributed by atoms with E-state index in [2.05, 4.69) is 21.2 Å². The van der Waals surface area contributed by atoms with E-state index in [1.807, 2.05) is 48.9 Å². The van der Waals surface area contributed by atoms with Gasteiger partial charge in [0.2, 0.25) is 5.91 Å². The lowest BCUT2D eigenvalue weighted by molar-refractivity contribution is -0.122. The van der Waals surface area contributed by atoms with Crippen LogP contribution < -0.4 is 5.32 Å². The first-order valence-electron chi connectivity index (χ1n) is 5.60. The molecule has 0 aliphatic heterocycles. The van der Waals surface area contributed by atoms with Gasteiger partial charge in [0, 0.05) is 27.6 Å². The Kier molecular flexibility index (Phi) is 3.52. The molecule has 0 fully saturated rings. The lowest BCUT2D eigenvalue weighted by Crippen LogP contribution is -2.32. The number of amides is 1. The van der Waals surface area contributed by atoms with Crippen LogP contribution in [-0.4, -0.2) is 16.5 Å². The summed E-state index contributed by atoms with van der Waals surface area (Å²) in [7, 11) is 0. The molecule has 3 nitrogen and oxygen atoms in total. The summed E-state index contributed by atoms with van der Waals surface area (Å²) < 4.78 is 3.01. The Bertz CT molecular complexity index is 545. The standard InChI is InChI=1S/C13H15BrN2O/c1-9(2)15-13(17)8-16-6-5-10-7-11(14)3-4-12(10)16/h3-7,9H,8H2,1-2H3,(H,15,17). The number of carbonyl (C=O) groups excluding carboxylic acids is 1. The number of rotatable bonds is 3. The fraction of sp³-hybridized carbons (Fsp3) is 0.308. The Labute approximate surface area is 109 Å². The van der Waals surface area contributed by atoms with E-state index in [-0.39, 0.29) is 11.9 Å². The van der Waals surface area contributed by atoms with Gasteiger partial charge in [0.15, 0.2) is 0 Å². The summed E-state index contributed by atoms with van der Waals surface area (Å²) >= 11 is 3.44. The number of halogens is 1. The van der Waals surface area contributed by atoms with Crippen LogP contribution in [0.15, 0.2) is 34.9 Å². The molecule has 0 saturated heterocycles. The molecule has 2 aromatic rings. The van der Waals surface area contributed by atoms with Crippen LogP contribution >= 0.6 is 15.9 Å². The molecule has 0 spiro atoms. The maximum absolute atomic E-state index is 11.7. The van der Waals surface area contributed by atoms with Crippen LogP contribution in [0.2, 0.25) is 0 Å². The van der Waals surface area contributed by atoms with E-state index in [9.17, 15) is 4.79 Å². The molecular weight excluding hydrogens is 280 g/mol. The van der Waals surface area contributed by atoms with Crippen molar-refractivity contribution in [2.75, 3.05) is 0 Å². The second-order valence-corrected chi connectivity index (χ2v) is 5.28. The van der Waals surface area contributed by atoms with Crippen LogP contribution in [0.3, 0.4) is 0 Å². The van der Waals surface area contributed by atoms with Crippen molar-refractivity contribution in [3.63, 3.8) is 0 Å². The number of carbonyl (C=O) groups is 1. The average Bonchev–Trinajstić information content (AvgIpc) is 2.59. The van der Waals surface area contributed by atoms with Crippen molar-refractivity contribution in [2.45, 2.75) is 26.4 Å². The Morgan fingerprint density at radius 3 is 2.88 bits per heavy atom. The van der Waals surface area contributed by atoms with E-state index in [0.29, 0.717) is 6.54 Å². The third-order valence-corrected chi connectivity index (χ3v) is 2.99. The molecule has 0 aliphatic rings. The number of nitrogens with zero attached hydrogens (tertiary/aromatic N) is 1. The van der Waals surface area contributed by atoms with Crippen LogP contribution in [0.1, 0.15) is 13.8 Å². The second-order valence-electron chi connectivity index (χ2n) is 4.37. The summed E-state index contributed by atoms with van der Waals surface area (Å²) in [5.74, 6) is 0.0421. The van der Waals surface area contributed by atoms with Crippen LogP contribution in [0.5, 0.6) is 0 Å². The number of nitrogens with one attached hydrogen (secondary N) is 1. The van der Waals surface area contributed by atoms with Crippen LogP contribution in [0.4, 0.5) is 0 Å². The Morgan fingerprint density at radius 2 is 2.18 bits per heavy atom. The predicted molar refractivity (Wildman–Crippen MR) is 72.9 cm³/mol. The molecule has 1 aromatic heterocycles. The summed E-state index contributed by atoms with van der Waals surface area (Å²) in [5.41, 5.74) is 1.08. The predicted octanol–water partition coefficient (Wildman–Crippen LogP) is 2.93. The highest BCUT2D eigenvalue weighted by Gasteiger charge is 2.07. The Balaban J connectivity index is 2.22. The average molecular weight is 295 g/mol. The summed E-state index contributed by atoms with van der Waals surface area (Å²) in [6, 6.07) is 8.24. The summed E-state index contributed by atoms with van der Waals surface area (Å²) in [5, 5.41) is 4.02. The van der Waals surface area contributed by atoms with Crippen molar-refractivity contribution in [1.29, 1.82) is 0 Å². The van der Waals surface area contributed by atoms with Gasteiger partial charge in [-0.1, -0.05) is 15.9 Å². The normalized spacial score (nSPS) is 11.1. The molecule has 1 N–H and O–H groups in total. The molecule has 0 aliphatic carbocycles. The highest BCUT2D eigenvalue weighted by Crippen LogP contribution is 2.20. The summed E-state index contributed by atoms with van der Waals surface area (Å²) in [6.45, 7) is 4.29. The molecule has 90 valence electrons. The number of benzene rings is 1. The smallest absolute Gasteiger partial charge is 0.240 e. The van der Waals surface area contributed by atoms with E-state index in [1.54, 1.807) is 0 Å². The first kappa shape index (κ1) is 12.2. The largest absolute Gasteiger partial charge is 0.352 e. The number of aromatic nitrogens is 1. The Hall–Kier alpha value is -1.29. The van der Waals surface area contributed by atoms with Crippen molar-refractivity contribution < 1.29 is 4.79 Å². The second kappa shape index (κ2) is 4.92. The molecular formula is C13H15BrN2O. The lowest BCUT2D eigenvalue weighted by Gasteiger charge is -2.09. The summed E-state index contributed by atoms with van der Waals surface area (Å²) in [6.07, 6.45) is 1.94. The van der Waals surface area contributed by atoms with Gasteiger partial charge in [-0.05, 0) is 38.1 Å². The highest BCUT2D eigenvalue weighted by molar-refractivity contribution is 9.10. The van der Waals surface area contributed by atoms with Crippen molar-refractivity contribution in [3.05, 3.63) is 34.9 Å². The zero-order valence-electron chi connectivity index (χ0n) is 9.90. The molecule has 4 heteroatoms. The zero-order valence-corrected chi connectivity index (χ0v) is 11.5.